The van der Waals surface area contributed by atoms with Crippen LogP contribution in [-0.2, 0) is 14.4 Å². The number of unbranched alkanes of at least 4 members (excludes halogenated alkanes) is 33. The van der Waals surface area contributed by atoms with Crippen molar-refractivity contribution >= 4 is 43.8 Å². The maximum absolute atomic E-state index is 10.2. The van der Waals surface area contributed by atoms with E-state index in [1.165, 1.54) is 193 Å². The van der Waals surface area contributed by atoms with Crippen molar-refractivity contribution < 1.29 is 29.7 Å². The first-order valence-corrected chi connectivity index (χ1v) is 25.9. The average Bonchev–Trinajstić information content (AvgIpc) is 3.22. The number of carboxylic acid groups (broad SMARTS) is 3. The number of allylic oxidation sites excluding steroid dienone is 6. The summed E-state index contributed by atoms with van der Waals surface area (Å²) in [5.74, 6) is -2.74. The van der Waals surface area contributed by atoms with Crippen LogP contribution in [0.5, 0.6) is 0 Å². The Morgan fingerprint density at radius 2 is 0.410 bits per heavy atom. The summed E-state index contributed by atoms with van der Waals surface area (Å²) >= 11 is 0. The molecule has 0 unspecified atom stereocenters. The number of aliphatic carboxylic acids is 3. The Morgan fingerprint density at radius 1 is 0.262 bits per heavy atom. The maximum atomic E-state index is 10.2. The van der Waals surface area contributed by atoms with Gasteiger partial charge < -0.3 is 29.7 Å². The van der Waals surface area contributed by atoms with E-state index in [1.54, 1.807) is 0 Å². The number of carboxylic acids is 3. The monoisotopic (exact) mass is 959 g/mol. The molecular formula is C54H99InO6. The normalized spacial score (nSPS) is 11.1. The van der Waals surface area contributed by atoms with Crippen LogP contribution >= 0.6 is 0 Å². The Balaban J connectivity index is -0.000000396. The summed E-state index contributed by atoms with van der Waals surface area (Å²) < 4.78 is 0. The molecule has 0 aromatic rings. The molecule has 61 heavy (non-hydrogen) atoms. The molecule has 0 heterocycles. The van der Waals surface area contributed by atoms with Crippen molar-refractivity contribution in [3.8, 4) is 0 Å². The third-order valence-corrected chi connectivity index (χ3v) is 10.9. The van der Waals surface area contributed by atoms with Crippen molar-refractivity contribution in [3.63, 3.8) is 0 Å². The van der Waals surface area contributed by atoms with E-state index in [-0.39, 0.29) is 45.1 Å². The molecule has 7 heteroatoms. The van der Waals surface area contributed by atoms with Crippen LogP contribution < -0.4 is 15.3 Å². The van der Waals surface area contributed by atoms with Crippen LogP contribution in [0.25, 0.3) is 0 Å². The van der Waals surface area contributed by atoms with Gasteiger partial charge in [0.25, 0.3) is 0 Å². The van der Waals surface area contributed by atoms with Crippen molar-refractivity contribution in [3.05, 3.63) is 36.5 Å². The zero-order chi connectivity index (χ0) is 44.7. The van der Waals surface area contributed by atoms with Crippen LogP contribution in [0.2, 0.25) is 0 Å². The largest absolute Gasteiger partial charge is 3.00 e. The van der Waals surface area contributed by atoms with E-state index in [4.69, 9.17) is 0 Å². The molecule has 0 aliphatic heterocycles. The maximum Gasteiger partial charge on any atom is 3.00 e. The van der Waals surface area contributed by atoms with Gasteiger partial charge >= 0.3 is 25.8 Å². The molecule has 0 rings (SSSR count). The Labute approximate surface area is 398 Å². The Hall–Kier alpha value is -1.50. The molecular weight excluding hydrogens is 859 g/mol. The standard InChI is InChI=1S/3C18H34O2.In/c3*1-2-3-4-5-6-7-8-9-10-11-12-13-14-15-16-17-18(19)20;/h3*9-10H,2-8,11-17H2,1H3,(H,19,20);/q;;;+3/p-3. The van der Waals surface area contributed by atoms with Gasteiger partial charge in [-0.05, 0) is 116 Å². The topological polar surface area (TPSA) is 120 Å². The van der Waals surface area contributed by atoms with Crippen LogP contribution in [-0.4, -0.2) is 43.8 Å². The fourth-order valence-corrected chi connectivity index (χ4v) is 7.02. The molecule has 0 N–H and O–H groups in total. The van der Waals surface area contributed by atoms with E-state index in [0.717, 1.165) is 57.8 Å². The first kappa shape index (κ1) is 66.1. The van der Waals surface area contributed by atoms with Gasteiger partial charge in [-0.1, -0.05) is 211 Å². The van der Waals surface area contributed by atoms with E-state index in [9.17, 15) is 29.7 Å². The minimum atomic E-state index is -0.914. The summed E-state index contributed by atoms with van der Waals surface area (Å²) in [5, 5.41) is 30.6. The predicted octanol–water partition coefficient (Wildman–Crippen LogP) is 13.9. The fourth-order valence-electron chi connectivity index (χ4n) is 7.02. The summed E-state index contributed by atoms with van der Waals surface area (Å²) in [6.45, 7) is 6.77. The molecule has 0 aliphatic carbocycles. The number of hydrogen-bond donors (Lipinski definition) is 0. The zero-order valence-corrected chi connectivity index (χ0v) is 44.0. The van der Waals surface area contributed by atoms with Crippen molar-refractivity contribution in [2.24, 2.45) is 0 Å². The van der Waals surface area contributed by atoms with Crippen LogP contribution in [0.4, 0.5) is 0 Å². The molecule has 0 spiro atoms. The smallest absolute Gasteiger partial charge is 0.550 e. The van der Waals surface area contributed by atoms with Crippen LogP contribution in [0.3, 0.4) is 0 Å². The molecule has 0 fully saturated rings. The van der Waals surface area contributed by atoms with Crippen LogP contribution in [0.1, 0.15) is 290 Å². The van der Waals surface area contributed by atoms with Gasteiger partial charge in [0.1, 0.15) is 0 Å². The third kappa shape index (κ3) is 76.2. The van der Waals surface area contributed by atoms with Crippen LogP contribution in [0, 0.1) is 0 Å². The van der Waals surface area contributed by atoms with Crippen molar-refractivity contribution in [1.82, 2.24) is 0 Å². The second-order valence-corrected chi connectivity index (χ2v) is 17.1. The minimum Gasteiger partial charge on any atom is -0.550 e. The molecule has 0 atom stereocenters. The summed E-state index contributed by atoms with van der Waals surface area (Å²) in [5.41, 5.74) is 0. The van der Waals surface area contributed by atoms with Gasteiger partial charge in [0.05, 0.1) is 0 Å². The minimum absolute atomic E-state index is 0. The van der Waals surface area contributed by atoms with Gasteiger partial charge in [-0.25, -0.2) is 0 Å². The Bertz CT molecular complexity index is 827. The predicted molar refractivity (Wildman–Crippen MR) is 259 cm³/mol. The second-order valence-electron chi connectivity index (χ2n) is 17.1. The fraction of sp³-hybridized carbons (Fsp3) is 0.833. The number of hydrogen-bond acceptors (Lipinski definition) is 6. The van der Waals surface area contributed by atoms with Gasteiger partial charge in [-0.3, -0.25) is 0 Å². The molecule has 0 bridgehead atoms. The molecule has 0 amide bonds. The van der Waals surface area contributed by atoms with Crippen LogP contribution in [0.15, 0.2) is 36.5 Å². The van der Waals surface area contributed by atoms with Gasteiger partial charge in [0, 0.05) is 17.9 Å². The molecule has 0 aromatic heterocycles. The van der Waals surface area contributed by atoms with Crippen molar-refractivity contribution in [2.75, 3.05) is 0 Å². The summed E-state index contributed by atoms with van der Waals surface area (Å²) in [7, 11) is 0. The summed E-state index contributed by atoms with van der Waals surface area (Å²) in [4.78, 5) is 30.6. The van der Waals surface area contributed by atoms with E-state index < -0.39 is 17.9 Å². The molecule has 0 saturated heterocycles. The third-order valence-electron chi connectivity index (χ3n) is 10.9. The van der Waals surface area contributed by atoms with Crippen molar-refractivity contribution in [1.29, 1.82) is 0 Å². The molecule has 0 radical (unpaired) electrons. The van der Waals surface area contributed by atoms with E-state index in [2.05, 4.69) is 57.2 Å². The van der Waals surface area contributed by atoms with E-state index in [1.807, 2.05) is 0 Å². The SMILES string of the molecule is CCCCCCCCC=CCCCCCCCC(=O)[O-].CCCCCCCCC=CCCCCCCCC(=O)[O-].CCCCCCCCC=CCCCCCCCC(=O)[O-].[In+3]. The van der Waals surface area contributed by atoms with Crippen molar-refractivity contribution in [2.45, 2.75) is 290 Å². The van der Waals surface area contributed by atoms with Gasteiger partial charge in [-0.2, -0.15) is 0 Å². The number of carbonyl (C=O) groups is 3. The number of carbonyl (C=O) groups excluding carboxylic acids is 3. The van der Waals surface area contributed by atoms with Gasteiger partial charge in [0.2, 0.25) is 0 Å². The zero-order valence-electron chi connectivity index (χ0n) is 40.7. The van der Waals surface area contributed by atoms with Gasteiger partial charge in [0.15, 0.2) is 0 Å². The van der Waals surface area contributed by atoms with E-state index in [0.29, 0.717) is 0 Å². The molecule has 6 nitrogen and oxygen atoms in total. The summed E-state index contributed by atoms with van der Waals surface area (Å²) in [6, 6.07) is 0. The Kier molecular flexibility index (Phi) is 68.0. The molecule has 0 aliphatic rings. The molecule has 354 valence electrons. The van der Waals surface area contributed by atoms with E-state index >= 15 is 0 Å². The molecule has 0 aromatic carbocycles. The quantitative estimate of drug-likeness (QED) is 0.0443. The first-order chi connectivity index (χ1) is 29.3. The first-order valence-electron chi connectivity index (χ1n) is 25.9. The molecule has 0 saturated carbocycles. The second kappa shape index (κ2) is 62.8. The summed E-state index contributed by atoms with van der Waals surface area (Å²) in [6.07, 6.45) is 62.7. The number of rotatable bonds is 45. The Morgan fingerprint density at radius 3 is 0.574 bits per heavy atom. The van der Waals surface area contributed by atoms with Gasteiger partial charge in [-0.15, -0.1) is 0 Å². The average molecular weight is 959 g/mol.